The van der Waals surface area contributed by atoms with E-state index in [0.717, 1.165) is 10.9 Å². The standard InChI is InChI=1S/C23H20N2O6S/c1-14-8-10-16(11-9-14)32(28,29)24-19-18(22(26)30-2)20-17-7-5-4-6-15(17)12-13-25(20)21(19)23(27)31-3/h4-13,24H,1-3H3. The molecule has 0 aliphatic carbocycles. The largest absolute Gasteiger partial charge is 0.465 e. The third-order valence-electron chi connectivity index (χ3n) is 5.16. The van der Waals surface area contributed by atoms with Crippen LogP contribution in [0.15, 0.2) is 65.7 Å². The van der Waals surface area contributed by atoms with E-state index >= 15 is 0 Å². The number of pyridine rings is 1. The molecule has 164 valence electrons. The van der Waals surface area contributed by atoms with Crippen molar-refractivity contribution in [2.75, 3.05) is 18.9 Å². The minimum atomic E-state index is -4.14. The van der Waals surface area contributed by atoms with Crippen molar-refractivity contribution in [2.45, 2.75) is 11.8 Å². The van der Waals surface area contributed by atoms with Crippen molar-refractivity contribution in [3.63, 3.8) is 0 Å². The van der Waals surface area contributed by atoms with Crippen LogP contribution in [0.4, 0.5) is 5.69 Å². The first-order valence-corrected chi connectivity index (χ1v) is 11.1. The number of nitrogens with one attached hydrogen (secondary N) is 1. The Morgan fingerprint density at radius 3 is 2.22 bits per heavy atom. The molecule has 0 aliphatic rings. The highest BCUT2D eigenvalue weighted by Gasteiger charge is 2.32. The fourth-order valence-corrected chi connectivity index (χ4v) is 4.70. The summed E-state index contributed by atoms with van der Waals surface area (Å²) in [6.07, 6.45) is 1.58. The highest BCUT2D eigenvalue weighted by atomic mass is 32.2. The Morgan fingerprint density at radius 2 is 1.56 bits per heavy atom. The number of esters is 2. The SMILES string of the molecule is COC(=O)c1c(NS(=O)(=O)c2ccc(C)cc2)c(C(=O)OC)n2ccc3ccccc3c12. The fourth-order valence-electron chi connectivity index (χ4n) is 3.62. The molecular weight excluding hydrogens is 432 g/mol. The van der Waals surface area contributed by atoms with Crippen LogP contribution in [-0.2, 0) is 19.5 Å². The Morgan fingerprint density at radius 1 is 0.906 bits per heavy atom. The van der Waals surface area contributed by atoms with Crippen molar-refractivity contribution in [3.8, 4) is 0 Å². The molecule has 8 nitrogen and oxygen atoms in total. The molecule has 0 atom stereocenters. The molecular formula is C23H20N2O6S. The van der Waals surface area contributed by atoms with Gasteiger partial charge >= 0.3 is 11.9 Å². The van der Waals surface area contributed by atoms with E-state index in [-0.39, 0.29) is 21.8 Å². The molecule has 4 rings (SSSR count). The van der Waals surface area contributed by atoms with Crippen LogP contribution in [0.2, 0.25) is 0 Å². The maximum atomic E-state index is 13.2. The first kappa shape index (κ1) is 21.4. The molecule has 0 radical (unpaired) electrons. The van der Waals surface area contributed by atoms with E-state index in [1.807, 2.05) is 19.1 Å². The Labute approximate surface area is 184 Å². The average molecular weight is 452 g/mol. The summed E-state index contributed by atoms with van der Waals surface area (Å²) in [5.41, 5.74) is 0.790. The molecule has 0 saturated heterocycles. The molecule has 0 spiro atoms. The van der Waals surface area contributed by atoms with Gasteiger partial charge in [-0.05, 0) is 30.5 Å². The fraction of sp³-hybridized carbons (Fsp3) is 0.130. The second-order valence-corrected chi connectivity index (χ2v) is 8.80. The van der Waals surface area contributed by atoms with Gasteiger partial charge in [-0.25, -0.2) is 18.0 Å². The van der Waals surface area contributed by atoms with E-state index in [1.165, 1.54) is 30.8 Å². The molecule has 0 bridgehead atoms. The number of aryl methyl sites for hydroxylation is 1. The van der Waals surface area contributed by atoms with Crippen LogP contribution in [0.5, 0.6) is 0 Å². The van der Waals surface area contributed by atoms with Gasteiger partial charge in [0, 0.05) is 11.6 Å². The van der Waals surface area contributed by atoms with E-state index in [9.17, 15) is 18.0 Å². The van der Waals surface area contributed by atoms with Crippen LogP contribution in [0.25, 0.3) is 16.3 Å². The topological polar surface area (TPSA) is 103 Å². The molecule has 2 aromatic carbocycles. The molecule has 1 N–H and O–H groups in total. The molecule has 0 unspecified atom stereocenters. The Kier molecular flexibility index (Phi) is 5.35. The molecule has 0 aliphatic heterocycles. The van der Waals surface area contributed by atoms with Crippen LogP contribution >= 0.6 is 0 Å². The second kappa shape index (κ2) is 8.01. The summed E-state index contributed by atoms with van der Waals surface area (Å²) in [4.78, 5) is 25.6. The molecule has 4 aromatic rings. The van der Waals surface area contributed by atoms with Gasteiger partial charge in [0.05, 0.1) is 30.3 Å². The van der Waals surface area contributed by atoms with E-state index in [2.05, 4.69) is 4.72 Å². The van der Waals surface area contributed by atoms with E-state index in [1.54, 1.807) is 36.5 Å². The van der Waals surface area contributed by atoms with Crippen molar-refractivity contribution < 1.29 is 27.5 Å². The predicted octanol–water partition coefficient (Wildman–Crippen LogP) is 3.77. The Hall–Kier alpha value is -3.85. The molecule has 0 fully saturated rings. The van der Waals surface area contributed by atoms with Crippen molar-refractivity contribution in [1.29, 1.82) is 0 Å². The highest BCUT2D eigenvalue weighted by molar-refractivity contribution is 7.92. The summed E-state index contributed by atoms with van der Waals surface area (Å²) in [5, 5.41) is 1.44. The number of hydrogen-bond donors (Lipinski definition) is 1. The van der Waals surface area contributed by atoms with Crippen LogP contribution in [0.1, 0.15) is 26.4 Å². The zero-order valence-corrected chi connectivity index (χ0v) is 18.4. The van der Waals surface area contributed by atoms with Gasteiger partial charge in [-0.3, -0.25) is 4.72 Å². The molecule has 2 heterocycles. The lowest BCUT2D eigenvalue weighted by atomic mass is 10.1. The number of methoxy groups -OCH3 is 2. The zero-order valence-electron chi connectivity index (χ0n) is 17.6. The predicted molar refractivity (Wildman–Crippen MR) is 120 cm³/mol. The lowest BCUT2D eigenvalue weighted by molar-refractivity contribution is 0.0593. The zero-order chi connectivity index (χ0) is 23.0. The van der Waals surface area contributed by atoms with Crippen molar-refractivity contribution >= 4 is 43.9 Å². The number of ether oxygens (including phenoxy) is 2. The second-order valence-electron chi connectivity index (χ2n) is 7.12. The number of hydrogen-bond acceptors (Lipinski definition) is 6. The van der Waals surface area contributed by atoms with E-state index in [0.29, 0.717) is 10.9 Å². The summed E-state index contributed by atoms with van der Waals surface area (Å²) in [6.45, 7) is 1.83. The maximum absolute atomic E-state index is 13.2. The Bertz CT molecular complexity index is 1470. The molecule has 0 amide bonds. The van der Waals surface area contributed by atoms with E-state index in [4.69, 9.17) is 9.47 Å². The summed E-state index contributed by atoms with van der Waals surface area (Å²) in [6, 6.07) is 15.2. The van der Waals surface area contributed by atoms with Gasteiger partial charge < -0.3 is 13.9 Å². The monoisotopic (exact) mass is 452 g/mol. The molecule has 32 heavy (non-hydrogen) atoms. The highest BCUT2D eigenvalue weighted by Crippen LogP contribution is 2.36. The van der Waals surface area contributed by atoms with Gasteiger partial charge in [0.25, 0.3) is 10.0 Å². The first-order chi connectivity index (χ1) is 15.3. The normalized spacial score (nSPS) is 11.5. The van der Waals surface area contributed by atoms with Crippen molar-refractivity contribution in [1.82, 2.24) is 4.40 Å². The summed E-state index contributed by atoms with van der Waals surface area (Å²) in [5.74, 6) is -1.61. The third-order valence-corrected chi connectivity index (χ3v) is 6.53. The summed E-state index contributed by atoms with van der Waals surface area (Å²) in [7, 11) is -1.77. The van der Waals surface area contributed by atoms with Crippen LogP contribution < -0.4 is 4.72 Å². The van der Waals surface area contributed by atoms with Gasteiger partial charge in [0.1, 0.15) is 5.56 Å². The number of sulfonamides is 1. The first-order valence-electron chi connectivity index (χ1n) is 9.60. The van der Waals surface area contributed by atoms with Gasteiger partial charge in [0.15, 0.2) is 5.69 Å². The van der Waals surface area contributed by atoms with Crippen LogP contribution in [-0.4, -0.2) is 39.0 Å². The number of fused-ring (bicyclic) bond motifs is 3. The number of rotatable bonds is 5. The third kappa shape index (κ3) is 3.46. The minimum Gasteiger partial charge on any atom is -0.465 e. The van der Waals surface area contributed by atoms with Crippen LogP contribution in [0.3, 0.4) is 0 Å². The van der Waals surface area contributed by atoms with Gasteiger partial charge in [-0.15, -0.1) is 0 Å². The molecule has 0 saturated carbocycles. The number of nitrogens with zero attached hydrogens (tertiary/aromatic N) is 1. The smallest absolute Gasteiger partial charge is 0.357 e. The minimum absolute atomic E-state index is 0.0187. The number of benzene rings is 2. The molecule has 9 heteroatoms. The lowest BCUT2D eigenvalue weighted by Crippen LogP contribution is -2.18. The van der Waals surface area contributed by atoms with Crippen molar-refractivity contribution in [3.05, 3.63) is 77.6 Å². The van der Waals surface area contributed by atoms with Crippen molar-refractivity contribution in [2.24, 2.45) is 0 Å². The maximum Gasteiger partial charge on any atom is 0.357 e. The number of aromatic nitrogens is 1. The van der Waals surface area contributed by atoms with Gasteiger partial charge in [-0.2, -0.15) is 0 Å². The summed E-state index contributed by atoms with van der Waals surface area (Å²) < 4.78 is 40.0. The van der Waals surface area contributed by atoms with E-state index < -0.39 is 22.0 Å². The average Bonchev–Trinajstić information content (AvgIpc) is 3.11. The summed E-state index contributed by atoms with van der Waals surface area (Å²) >= 11 is 0. The molecule has 2 aromatic heterocycles. The number of carbonyl (C=O) groups excluding carboxylic acids is 2. The quantitative estimate of drug-likeness (QED) is 0.462. The van der Waals surface area contributed by atoms with Crippen LogP contribution in [0, 0.1) is 6.92 Å². The van der Waals surface area contributed by atoms with Gasteiger partial charge in [-0.1, -0.05) is 42.0 Å². The lowest BCUT2D eigenvalue weighted by Gasteiger charge is -2.11. The van der Waals surface area contributed by atoms with Gasteiger partial charge in [0.2, 0.25) is 0 Å². The number of anilines is 1. The Balaban J connectivity index is 2.08. The number of carbonyl (C=O) groups is 2.